The van der Waals surface area contributed by atoms with Gasteiger partial charge in [-0.05, 0) is 58.8 Å². The Kier molecular flexibility index (Phi) is 5.89. The van der Waals surface area contributed by atoms with Crippen molar-refractivity contribution in [1.82, 2.24) is 0 Å². The van der Waals surface area contributed by atoms with Crippen LogP contribution in [0.1, 0.15) is 21.5 Å². The summed E-state index contributed by atoms with van der Waals surface area (Å²) in [4.78, 5) is 12.5. The highest BCUT2D eigenvalue weighted by Crippen LogP contribution is 2.23. The maximum atomic E-state index is 12.5. The minimum atomic E-state index is -0.0650. The lowest BCUT2D eigenvalue weighted by molar-refractivity contribution is 0.104. The lowest BCUT2D eigenvalue weighted by atomic mass is 10.0. The van der Waals surface area contributed by atoms with E-state index in [0.717, 1.165) is 27.6 Å². The molecule has 0 aliphatic rings. The summed E-state index contributed by atoms with van der Waals surface area (Å²) in [6.07, 6.45) is 3.41. The van der Waals surface area contributed by atoms with Crippen LogP contribution < -0.4 is 9.47 Å². The van der Waals surface area contributed by atoms with E-state index in [4.69, 9.17) is 14.2 Å². The Morgan fingerprint density at radius 2 is 1.67 bits per heavy atom. The minimum Gasteiger partial charge on any atom is -0.497 e. The molecule has 138 valence electrons. The predicted octanol–water partition coefficient (Wildman–Crippen LogP) is 4.90. The molecular formula is C23H22O4. The molecule has 0 N–H and O–H groups in total. The van der Waals surface area contributed by atoms with Gasteiger partial charge in [0.2, 0.25) is 0 Å². The van der Waals surface area contributed by atoms with Gasteiger partial charge >= 0.3 is 0 Å². The molecule has 0 saturated carbocycles. The van der Waals surface area contributed by atoms with Gasteiger partial charge in [-0.2, -0.15) is 0 Å². The number of ketones is 1. The Labute approximate surface area is 159 Å². The second kappa shape index (κ2) is 8.52. The van der Waals surface area contributed by atoms with Gasteiger partial charge in [-0.15, -0.1) is 0 Å². The third-order valence-corrected chi connectivity index (χ3v) is 4.36. The zero-order chi connectivity index (χ0) is 19.2. The number of methoxy groups -OCH3 is 3. The van der Waals surface area contributed by atoms with Crippen LogP contribution in [0.2, 0.25) is 0 Å². The summed E-state index contributed by atoms with van der Waals surface area (Å²) in [6, 6.07) is 17.3. The number of benzene rings is 3. The van der Waals surface area contributed by atoms with Crippen molar-refractivity contribution in [2.45, 2.75) is 6.61 Å². The summed E-state index contributed by atoms with van der Waals surface area (Å²) in [5, 5.41) is 2.19. The van der Waals surface area contributed by atoms with Crippen LogP contribution >= 0.6 is 0 Å². The van der Waals surface area contributed by atoms with E-state index < -0.39 is 0 Å². The molecule has 0 aliphatic carbocycles. The minimum absolute atomic E-state index is 0.0650. The Morgan fingerprint density at radius 1 is 0.889 bits per heavy atom. The lowest BCUT2D eigenvalue weighted by Crippen LogP contribution is -1.99. The number of allylic oxidation sites excluding steroid dienone is 1. The predicted molar refractivity (Wildman–Crippen MR) is 108 cm³/mol. The van der Waals surface area contributed by atoms with E-state index in [2.05, 4.69) is 0 Å². The maximum Gasteiger partial charge on any atom is 0.185 e. The van der Waals surface area contributed by atoms with E-state index in [1.807, 2.05) is 48.5 Å². The highest BCUT2D eigenvalue weighted by Gasteiger charge is 2.08. The molecule has 0 aliphatic heterocycles. The number of ether oxygens (including phenoxy) is 3. The highest BCUT2D eigenvalue weighted by molar-refractivity contribution is 6.07. The monoisotopic (exact) mass is 362 g/mol. The molecule has 0 unspecified atom stereocenters. The Morgan fingerprint density at radius 3 is 2.41 bits per heavy atom. The Balaban J connectivity index is 1.82. The standard InChI is InChI=1S/C23H22O4/c1-25-15-20-13-19(8-11-23(20)27-3)22(24)10-5-16-4-6-18-14-21(26-2)9-7-17(18)12-16/h4-14H,15H2,1-3H3/b10-5+. The molecule has 3 aromatic carbocycles. The third kappa shape index (κ3) is 4.36. The van der Waals surface area contributed by atoms with E-state index in [-0.39, 0.29) is 5.78 Å². The number of hydrogen-bond acceptors (Lipinski definition) is 4. The molecular weight excluding hydrogens is 340 g/mol. The molecule has 0 aromatic heterocycles. The topological polar surface area (TPSA) is 44.8 Å². The molecule has 3 rings (SSSR count). The van der Waals surface area contributed by atoms with Crippen LogP contribution in [0.15, 0.2) is 60.7 Å². The van der Waals surface area contributed by atoms with Gasteiger partial charge in [0, 0.05) is 18.2 Å². The van der Waals surface area contributed by atoms with Crippen LogP contribution in [0, 0.1) is 0 Å². The molecule has 0 heterocycles. The van der Waals surface area contributed by atoms with Gasteiger partial charge in [-0.25, -0.2) is 0 Å². The number of carbonyl (C=O) groups excluding carboxylic acids is 1. The molecule has 3 aromatic rings. The molecule has 0 amide bonds. The number of carbonyl (C=O) groups is 1. The highest BCUT2D eigenvalue weighted by atomic mass is 16.5. The maximum absolute atomic E-state index is 12.5. The van der Waals surface area contributed by atoms with E-state index >= 15 is 0 Å². The van der Waals surface area contributed by atoms with E-state index in [0.29, 0.717) is 17.9 Å². The SMILES string of the molecule is COCc1cc(C(=O)/C=C/c2ccc3cc(OC)ccc3c2)ccc1OC. The van der Waals surface area contributed by atoms with Crippen molar-refractivity contribution in [2.24, 2.45) is 0 Å². The fraction of sp³-hybridized carbons (Fsp3) is 0.174. The summed E-state index contributed by atoms with van der Waals surface area (Å²) in [5.41, 5.74) is 2.41. The average Bonchev–Trinajstić information content (AvgIpc) is 2.71. The fourth-order valence-electron chi connectivity index (χ4n) is 2.94. The molecule has 0 atom stereocenters. The van der Waals surface area contributed by atoms with Crippen molar-refractivity contribution in [3.8, 4) is 11.5 Å². The third-order valence-electron chi connectivity index (χ3n) is 4.36. The van der Waals surface area contributed by atoms with Crippen molar-refractivity contribution >= 4 is 22.6 Å². The zero-order valence-electron chi connectivity index (χ0n) is 15.7. The zero-order valence-corrected chi connectivity index (χ0v) is 15.7. The quantitative estimate of drug-likeness (QED) is 0.443. The number of rotatable bonds is 7. The van der Waals surface area contributed by atoms with E-state index in [9.17, 15) is 4.79 Å². The summed E-state index contributed by atoms with van der Waals surface area (Å²) >= 11 is 0. The van der Waals surface area contributed by atoms with Gasteiger partial charge in [0.25, 0.3) is 0 Å². The van der Waals surface area contributed by atoms with Crippen LogP contribution in [0.3, 0.4) is 0 Å². The molecule has 4 nitrogen and oxygen atoms in total. The first-order valence-corrected chi connectivity index (χ1v) is 8.60. The first-order valence-electron chi connectivity index (χ1n) is 8.60. The summed E-state index contributed by atoms with van der Waals surface area (Å²) in [6.45, 7) is 0.391. The fourth-order valence-corrected chi connectivity index (χ4v) is 2.94. The molecule has 0 radical (unpaired) electrons. The van der Waals surface area contributed by atoms with Crippen molar-refractivity contribution in [3.05, 3.63) is 77.4 Å². The van der Waals surface area contributed by atoms with Crippen molar-refractivity contribution in [1.29, 1.82) is 0 Å². The van der Waals surface area contributed by atoms with E-state index in [1.165, 1.54) is 0 Å². The molecule has 0 saturated heterocycles. The van der Waals surface area contributed by atoms with Gasteiger partial charge in [-0.1, -0.05) is 24.3 Å². The van der Waals surface area contributed by atoms with Crippen LogP contribution in [0.4, 0.5) is 0 Å². The normalized spacial score (nSPS) is 11.1. The number of fused-ring (bicyclic) bond motifs is 1. The molecule has 4 heteroatoms. The van der Waals surface area contributed by atoms with Crippen molar-refractivity contribution in [2.75, 3.05) is 21.3 Å². The first kappa shape index (κ1) is 18.7. The Bertz CT molecular complexity index is 989. The molecule has 0 bridgehead atoms. The second-order valence-corrected chi connectivity index (χ2v) is 6.13. The summed E-state index contributed by atoms with van der Waals surface area (Å²) in [5.74, 6) is 1.47. The van der Waals surface area contributed by atoms with Gasteiger partial charge in [0.05, 0.1) is 20.8 Å². The van der Waals surface area contributed by atoms with Crippen molar-refractivity contribution < 1.29 is 19.0 Å². The van der Waals surface area contributed by atoms with Gasteiger partial charge in [0.15, 0.2) is 5.78 Å². The molecule has 0 spiro atoms. The van der Waals surface area contributed by atoms with E-state index in [1.54, 1.807) is 39.5 Å². The molecule has 0 fully saturated rings. The second-order valence-electron chi connectivity index (χ2n) is 6.13. The van der Waals surface area contributed by atoms with Crippen LogP contribution in [-0.2, 0) is 11.3 Å². The van der Waals surface area contributed by atoms with Gasteiger partial charge in [0.1, 0.15) is 11.5 Å². The van der Waals surface area contributed by atoms with Crippen LogP contribution in [0.5, 0.6) is 11.5 Å². The smallest absolute Gasteiger partial charge is 0.185 e. The van der Waals surface area contributed by atoms with Gasteiger partial charge < -0.3 is 14.2 Å². The largest absolute Gasteiger partial charge is 0.497 e. The first-order chi connectivity index (χ1) is 13.1. The van der Waals surface area contributed by atoms with Crippen LogP contribution in [0.25, 0.3) is 16.8 Å². The van der Waals surface area contributed by atoms with Gasteiger partial charge in [-0.3, -0.25) is 4.79 Å². The summed E-state index contributed by atoms with van der Waals surface area (Å²) in [7, 11) is 4.87. The Hall–Kier alpha value is -3.11. The molecule has 27 heavy (non-hydrogen) atoms. The summed E-state index contributed by atoms with van der Waals surface area (Å²) < 4.78 is 15.7. The van der Waals surface area contributed by atoms with Crippen molar-refractivity contribution in [3.63, 3.8) is 0 Å². The van der Waals surface area contributed by atoms with Crippen LogP contribution in [-0.4, -0.2) is 27.1 Å². The average molecular weight is 362 g/mol. The lowest BCUT2D eigenvalue weighted by Gasteiger charge is -2.08. The number of hydrogen-bond donors (Lipinski definition) is 0.